The van der Waals surface area contributed by atoms with Gasteiger partial charge in [-0.2, -0.15) is 0 Å². The van der Waals surface area contributed by atoms with Gasteiger partial charge in [0.05, 0.1) is 17.9 Å². The lowest BCUT2D eigenvalue weighted by Gasteiger charge is -2.35. The van der Waals surface area contributed by atoms with E-state index in [4.69, 9.17) is 0 Å². The van der Waals surface area contributed by atoms with Gasteiger partial charge >= 0.3 is 5.56 Å². The maximum atomic E-state index is 13.3. The number of nitrogens with one attached hydrogen (secondary N) is 1. The molecular formula is C26H29FN6O4. The van der Waals surface area contributed by atoms with Crippen LogP contribution in [0.4, 0.5) is 15.8 Å². The molecule has 0 radical (unpaired) electrons. The number of amides is 1. The van der Waals surface area contributed by atoms with E-state index in [2.05, 4.69) is 20.1 Å². The van der Waals surface area contributed by atoms with Crippen LogP contribution in [-0.4, -0.2) is 83.9 Å². The van der Waals surface area contributed by atoms with Crippen molar-refractivity contribution in [3.05, 3.63) is 64.0 Å². The van der Waals surface area contributed by atoms with Crippen LogP contribution in [0.5, 0.6) is 5.75 Å². The second kappa shape index (κ2) is 10.3. The summed E-state index contributed by atoms with van der Waals surface area (Å²) in [6.07, 6.45) is 1.88. The number of likely N-dealkylation sites (N-methyl/N-ethyl adjacent to an activating group) is 1. The van der Waals surface area contributed by atoms with Crippen molar-refractivity contribution in [2.45, 2.75) is 12.8 Å². The van der Waals surface area contributed by atoms with Gasteiger partial charge < -0.3 is 25.1 Å². The Bertz CT molecular complexity index is 1400. The molecule has 2 saturated heterocycles. The van der Waals surface area contributed by atoms with Crippen molar-refractivity contribution >= 4 is 28.7 Å². The minimum atomic E-state index is -0.769. The van der Waals surface area contributed by atoms with Gasteiger partial charge in [-0.3, -0.25) is 18.8 Å². The number of rotatable bonds is 6. The predicted octanol–water partition coefficient (Wildman–Crippen LogP) is 1.04. The fraction of sp³-hybridized carbons (Fsp3) is 0.385. The lowest BCUT2D eigenvalue weighted by Crippen LogP contribution is -2.49. The van der Waals surface area contributed by atoms with Crippen LogP contribution in [0.3, 0.4) is 0 Å². The van der Waals surface area contributed by atoms with Crippen molar-refractivity contribution in [3.8, 4) is 5.75 Å². The van der Waals surface area contributed by atoms with Gasteiger partial charge in [0.15, 0.2) is 17.1 Å². The van der Waals surface area contributed by atoms with Crippen molar-refractivity contribution < 1.29 is 19.1 Å². The van der Waals surface area contributed by atoms with Crippen LogP contribution in [0, 0.1) is 5.82 Å². The van der Waals surface area contributed by atoms with E-state index >= 15 is 0 Å². The summed E-state index contributed by atoms with van der Waals surface area (Å²) in [6.45, 7) is 4.28. The average molecular weight is 509 g/mol. The Balaban J connectivity index is 1.56. The van der Waals surface area contributed by atoms with E-state index in [1.165, 1.54) is 16.5 Å². The van der Waals surface area contributed by atoms with Gasteiger partial charge in [0.1, 0.15) is 5.82 Å². The Morgan fingerprint density at radius 1 is 1.11 bits per heavy atom. The quantitative estimate of drug-likeness (QED) is 0.476. The second-order valence-electron chi connectivity index (χ2n) is 9.45. The number of pyridine rings is 1. The van der Waals surface area contributed by atoms with E-state index in [0.29, 0.717) is 25.2 Å². The number of fused-ring (bicyclic) bond motifs is 1. The summed E-state index contributed by atoms with van der Waals surface area (Å²) in [6, 6.07) is 7.62. The number of hydrogen-bond donors (Lipinski definition) is 2. The fourth-order valence-electron chi connectivity index (χ4n) is 4.72. The third-order valence-corrected chi connectivity index (χ3v) is 6.93. The first kappa shape index (κ1) is 24.8. The number of piperazine rings is 2. The Hall–Kier alpha value is -3.83. The van der Waals surface area contributed by atoms with Crippen LogP contribution in [-0.2, 0) is 11.2 Å². The molecule has 2 N–H and O–H groups in total. The molecule has 2 fully saturated rings. The predicted molar refractivity (Wildman–Crippen MR) is 137 cm³/mol. The van der Waals surface area contributed by atoms with Crippen molar-refractivity contribution in [2.24, 2.45) is 0 Å². The van der Waals surface area contributed by atoms with E-state index in [1.54, 1.807) is 23.2 Å². The van der Waals surface area contributed by atoms with E-state index in [1.807, 2.05) is 13.1 Å². The number of aromatic nitrogens is 2. The molecule has 0 bridgehead atoms. The zero-order chi connectivity index (χ0) is 26.1. The Kier molecular flexibility index (Phi) is 6.90. The number of nitrogens with zero attached hydrogens (tertiary/aromatic N) is 5. The summed E-state index contributed by atoms with van der Waals surface area (Å²) in [7, 11) is 2.05. The minimum absolute atomic E-state index is 0.0247. The van der Waals surface area contributed by atoms with Gasteiger partial charge in [-0.15, -0.1) is 0 Å². The molecule has 194 valence electrons. The number of ketones is 1. The standard InChI is InChI=1S/C26H29FN6O4/c1-30-10-12-31(13-11-30)19-14-20(32-9-8-28-15-22(32)35)25-29-23(24(36)26(37)33(25)16-19)21(34)7-4-17-2-5-18(27)6-3-17/h2-3,5-6,14,16,28,36H,4,7-13,15H2,1H3. The number of anilines is 2. The fourth-order valence-corrected chi connectivity index (χ4v) is 4.72. The molecule has 3 aromatic rings. The monoisotopic (exact) mass is 508 g/mol. The number of hydrogen-bond acceptors (Lipinski definition) is 8. The number of aryl methyl sites for hydroxylation is 1. The maximum Gasteiger partial charge on any atom is 0.300 e. The summed E-state index contributed by atoms with van der Waals surface area (Å²) in [5.74, 6) is -1.78. The van der Waals surface area contributed by atoms with E-state index in [0.717, 1.165) is 37.4 Å². The number of benzene rings is 1. The van der Waals surface area contributed by atoms with Gasteiger partial charge in [-0.05, 0) is 37.2 Å². The van der Waals surface area contributed by atoms with Crippen LogP contribution >= 0.6 is 0 Å². The Labute approximate surface area is 212 Å². The highest BCUT2D eigenvalue weighted by atomic mass is 19.1. The highest BCUT2D eigenvalue weighted by Gasteiger charge is 2.27. The lowest BCUT2D eigenvalue weighted by atomic mass is 10.1. The van der Waals surface area contributed by atoms with Crippen LogP contribution in [0.2, 0.25) is 0 Å². The molecule has 5 rings (SSSR count). The lowest BCUT2D eigenvalue weighted by molar-refractivity contribution is -0.118. The molecule has 1 aromatic carbocycles. The highest BCUT2D eigenvalue weighted by Crippen LogP contribution is 2.29. The summed E-state index contributed by atoms with van der Waals surface area (Å²) in [5.41, 5.74) is 0.947. The van der Waals surface area contributed by atoms with Crippen LogP contribution in [0.25, 0.3) is 5.65 Å². The van der Waals surface area contributed by atoms with Gasteiger partial charge in [-0.25, -0.2) is 9.37 Å². The zero-order valence-corrected chi connectivity index (χ0v) is 20.6. The summed E-state index contributed by atoms with van der Waals surface area (Å²) in [4.78, 5) is 49.5. The molecule has 2 aromatic heterocycles. The molecule has 2 aliphatic rings. The Morgan fingerprint density at radius 3 is 2.54 bits per heavy atom. The number of Topliss-reactive ketones (excluding diaryl/α,β-unsaturated/α-hetero) is 1. The van der Waals surface area contributed by atoms with E-state index in [9.17, 15) is 23.9 Å². The van der Waals surface area contributed by atoms with Crippen molar-refractivity contribution in [1.29, 1.82) is 0 Å². The molecule has 0 saturated carbocycles. The van der Waals surface area contributed by atoms with Crippen LogP contribution in [0.1, 0.15) is 22.5 Å². The summed E-state index contributed by atoms with van der Waals surface area (Å²) >= 11 is 0. The largest absolute Gasteiger partial charge is 0.501 e. The molecule has 11 heteroatoms. The normalized spacial score (nSPS) is 17.0. The highest BCUT2D eigenvalue weighted by molar-refractivity contribution is 6.01. The van der Waals surface area contributed by atoms with Gasteiger partial charge in [0.2, 0.25) is 11.7 Å². The van der Waals surface area contributed by atoms with Gasteiger partial charge in [-0.1, -0.05) is 12.1 Å². The van der Waals surface area contributed by atoms with Crippen molar-refractivity contribution in [2.75, 3.05) is 62.7 Å². The Morgan fingerprint density at radius 2 is 1.84 bits per heavy atom. The van der Waals surface area contributed by atoms with Gasteiger partial charge in [0.25, 0.3) is 0 Å². The summed E-state index contributed by atoms with van der Waals surface area (Å²) in [5, 5.41) is 13.7. The number of aromatic hydroxyl groups is 1. The molecule has 37 heavy (non-hydrogen) atoms. The first-order valence-electron chi connectivity index (χ1n) is 12.3. The molecule has 0 atom stereocenters. The topological polar surface area (TPSA) is 110 Å². The molecule has 0 unspecified atom stereocenters. The van der Waals surface area contributed by atoms with Gasteiger partial charge in [0, 0.05) is 51.9 Å². The molecule has 0 aliphatic carbocycles. The number of halogens is 1. The van der Waals surface area contributed by atoms with E-state index in [-0.39, 0.29) is 36.0 Å². The molecular weight excluding hydrogens is 479 g/mol. The van der Waals surface area contributed by atoms with Crippen molar-refractivity contribution in [3.63, 3.8) is 0 Å². The van der Waals surface area contributed by atoms with E-state index < -0.39 is 17.1 Å². The first-order chi connectivity index (χ1) is 17.8. The average Bonchev–Trinajstić information content (AvgIpc) is 2.90. The second-order valence-corrected chi connectivity index (χ2v) is 9.45. The van der Waals surface area contributed by atoms with Crippen molar-refractivity contribution in [1.82, 2.24) is 19.6 Å². The zero-order valence-electron chi connectivity index (χ0n) is 20.6. The molecule has 0 spiro atoms. The molecule has 2 aliphatic heterocycles. The SMILES string of the molecule is CN1CCN(c2cc(N3CCNCC3=O)c3nc(C(=O)CCc4ccc(F)cc4)c(O)c(=O)n3c2)CC1. The first-order valence-corrected chi connectivity index (χ1v) is 12.3. The van der Waals surface area contributed by atoms with Crippen LogP contribution < -0.4 is 20.7 Å². The summed E-state index contributed by atoms with van der Waals surface area (Å²) < 4.78 is 14.4. The maximum absolute atomic E-state index is 13.3. The van der Waals surface area contributed by atoms with Crippen LogP contribution in [0.15, 0.2) is 41.3 Å². The third kappa shape index (κ3) is 5.05. The molecule has 4 heterocycles. The smallest absolute Gasteiger partial charge is 0.300 e. The molecule has 1 amide bonds. The number of carbonyl (C=O) groups excluding carboxylic acids is 2. The third-order valence-electron chi connectivity index (χ3n) is 6.93. The minimum Gasteiger partial charge on any atom is -0.501 e. The molecule has 10 nitrogen and oxygen atoms in total. The number of carbonyl (C=O) groups is 2.